The largest absolute Gasteiger partial charge is 0.313 e. The molecule has 0 aromatic rings. The summed E-state index contributed by atoms with van der Waals surface area (Å²) in [4.78, 5) is 2.67. The highest BCUT2D eigenvalue weighted by Crippen LogP contribution is 2.17. The number of likely N-dealkylation sites (tertiary alicyclic amines) is 1. The van der Waals surface area contributed by atoms with Crippen LogP contribution in [0.3, 0.4) is 0 Å². The molecule has 0 aliphatic carbocycles. The second-order valence-corrected chi connectivity index (χ2v) is 4.88. The van der Waals surface area contributed by atoms with E-state index in [-0.39, 0.29) is 0 Å². The van der Waals surface area contributed by atoms with Crippen LogP contribution < -0.4 is 5.32 Å². The molecule has 2 unspecified atom stereocenters. The Morgan fingerprint density at radius 1 is 1.33 bits per heavy atom. The van der Waals surface area contributed by atoms with Crippen molar-refractivity contribution in [3.63, 3.8) is 0 Å². The third-order valence-corrected chi connectivity index (χ3v) is 3.53. The van der Waals surface area contributed by atoms with Gasteiger partial charge in [0, 0.05) is 18.6 Å². The Balaban J connectivity index is 2.33. The van der Waals surface area contributed by atoms with E-state index in [0.29, 0.717) is 6.04 Å². The van der Waals surface area contributed by atoms with Crippen LogP contribution in [0.15, 0.2) is 0 Å². The van der Waals surface area contributed by atoms with Gasteiger partial charge in [0.05, 0.1) is 0 Å². The fraction of sp³-hybridized carbons (Fsp3) is 1.00. The minimum Gasteiger partial charge on any atom is -0.313 e. The molecule has 0 saturated carbocycles. The summed E-state index contributed by atoms with van der Waals surface area (Å²) in [7, 11) is 0. The monoisotopic (exact) mass is 212 g/mol. The molecule has 1 aliphatic rings. The van der Waals surface area contributed by atoms with Crippen molar-refractivity contribution < 1.29 is 0 Å². The molecular formula is C13H28N2. The van der Waals surface area contributed by atoms with Crippen molar-refractivity contribution in [2.45, 2.75) is 65.0 Å². The van der Waals surface area contributed by atoms with E-state index in [1.165, 1.54) is 45.2 Å². The van der Waals surface area contributed by atoms with Crippen molar-refractivity contribution in [3.8, 4) is 0 Å². The van der Waals surface area contributed by atoms with Gasteiger partial charge in [-0.1, -0.05) is 26.7 Å². The average Bonchev–Trinajstić information content (AvgIpc) is 2.22. The Morgan fingerprint density at radius 3 is 2.73 bits per heavy atom. The maximum atomic E-state index is 3.61. The van der Waals surface area contributed by atoms with Gasteiger partial charge in [0.1, 0.15) is 0 Å². The number of rotatable bonds is 6. The van der Waals surface area contributed by atoms with Crippen molar-refractivity contribution in [2.75, 3.05) is 19.6 Å². The molecule has 2 heteroatoms. The predicted octanol–water partition coefficient (Wildman–Crippen LogP) is 2.64. The first-order valence-electron chi connectivity index (χ1n) is 6.75. The molecule has 15 heavy (non-hydrogen) atoms. The van der Waals surface area contributed by atoms with Crippen LogP contribution in [-0.2, 0) is 0 Å². The Morgan fingerprint density at radius 2 is 2.13 bits per heavy atom. The second kappa shape index (κ2) is 7.24. The molecule has 2 nitrogen and oxygen atoms in total. The molecule has 1 aliphatic heterocycles. The van der Waals surface area contributed by atoms with E-state index in [1.54, 1.807) is 0 Å². The highest BCUT2D eigenvalue weighted by atomic mass is 15.2. The summed E-state index contributed by atoms with van der Waals surface area (Å²) in [6.45, 7) is 10.5. The fourth-order valence-corrected chi connectivity index (χ4v) is 2.61. The number of likely N-dealkylation sites (N-methyl/N-ethyl adjacent to an activating group) is 1. The van der Waals surface area contributed by atoms with Gasteiger partial charge in [-0.3, -0.25) is 4.90 Å². The quantitative estimate of drug-likeness (QED) is 0.728. The van der Waals surface area contributed by atoms with Crippen molar-refractivity contribution in [1.29, 1.82) is 0 Å². The molecule has 2 atom stereocenters. The lowest BCUT2D eigenvalue weighted by molar-refractivity contribution is 0.142. The first-order valence-corrected chi connectivity index (χ1v) is 6.75. The molecule has 1 N–H and O–H groups in total. The summed E-state index contributed by atoms with van der Waals surface area (Å²) >= 11 is 0. The molecule has 1 saturated heterocycles. The Bertz CT molecular complexity index is 153. The van der Waals surface area contributed by atoms with Crippen molar-refractivity contribution in [2.24, 2.45) is 0 Å². The maximum absolute atomic E-state index is 3.61. The lowest BCUT2D eigenvalue weighted by Gasteiger charge is -2.36. The topological polar surface area (TPSA) is 15.3 Å². The molecule has 0 aromatic heterocycles. The lowest BCUT2D eigenvalue weighted by Crippen LogP contribution is -2.46. The molecule has 0 spiro atoms. The third-order valence-electron chi connectivity index (χ3n) is 3.53. The first kappa shape index (κ1) is 13.0. The predicted molar refractivity (Wildman–Crippen MR) is 67.3 cm³/mol. The summed E-state index contributed by atoms with van der Waals surface area (Å²) in [6, 6.07) is 1.51. The highest BCUT2D eigenvalue weighted by molar-refractivity contribution is 4.78. The zero-order chi connectivity index (χ0) is 11.1. The fourth-order valence-electron chi connectivity index (χ4n) is 2.61. The minimum atomic E-state index is 0.709. The molecule has 0 aromatic carbocycles. The van der Waals surface area contributed by atoms with E-state index in [2.05, 4.69) is 31.0 Å². The van der Waals surface area contributed by atoms with Gasteiger partial charge in [-0.15, -0.1) is 0 Å². The Labute approximate surface area is 95.4 Å². The van der Waals surface area contributed by atoms with Crippen LogP contribution in [-0.4, -0.2) is 36.6 Å². The second-order valence-electron chi connectivity index (χ2n) is 4.88. The van der Waals surface area contributed by atoms with Gasteiger partial charge >= 0.3 is 0 Å². The van der Waals surface area contributed by atoms with Crippen LogP contribution >= 0.6 is 0 Å². The molecule has 0 radical (unpaired) electrons. The van der Waals surface area contributed by atoms with E-state index in [0.717, 1.165) is 12.6 Å². The van der Waals surface area contributed by atoms with Crippen LogP contribution in [0.1, 0.15) is 52.9 Å². The number of hydrogen-bond donors (Lipinski definition) is 1. The first-order chi connectivity index (χ1) is 7.27. The molecule has 0 bridgehead atoms. The molecule has 1 heterocycles. The third kappa shape index (κ3) is 4.52. The van der Waals surface area contributed by atoms with Crippen LogP contribution in [0, 0.1) is 0 Å². The van der Waals surface area contributed by atoms with E-state index in [1.807, 2.05) is 0 Å². The molecule has 1 fully saturated rings. The number of piperidine rings is 1. The van der Waals surface area contributed by atoms with Crippen LogP contribution in [0.4, 0.5) is 0 Å². The van der Waals surface area contributed by atoms with E-state index < -0.39 is 0 Å². The normalized spacial score (nSPS) is 25.4. The zero-order valence-electron chi connectivity index (χ0n) is 10.8. The molecule has 90 valence electrons. The van der Waals surface area contributed by atoms with Gasteiger partial charge in [0.15, 0.2) is 0 Å². The van der Waals surface area contributed by atoms with Crippen LogP contribution in [0.25, 0.3) is 0 Å². The zero-order valence-corrected chi connectivity index (χ0v) is 10.8. The summed E-state index contributed by atoms with van der Waals surface area (Å²) in [5.74, 6) is 0. The summed E-state index contributed by atoms with van der Waals surface area (Å²) in [5.41, 5.74) is 0. The van der Waals surface area contributed by atoms with Gasteiger partial charge < -0.3 is 5.32 Å². The standard InChI is InChI=1S/C13H28N2/c1-4-8-13(14-5-2)11-15-10-7-6-9-12(15)3/h12-14H,4-11H2,1-3H3. The molecule has 0 amide bonds. The van der Waals surface area contributed by atoms with Gasteiger partial charge in [0.25, 0.3) is 0 Å². The van der Waals surface area contributed by atoms with E-state index in [4.69, 9.17) is 0 Å². The van der Waals surface area contributed by atoms with E-state index in [9.17, 15) is 0 Å². The highest BCUT2D eigenvalue weighted by Gasteiger charge is 2.20. The number of hydrogen-bond acceptors (Lipinski definition) is 2. The summed E-state index contributed by atoms with van der Waals surface area (Å²) < 4.78 is 0. The number of nitrogens with one attached hydrogen (secondary N) is 1. The molecular weight excluding hydrogens is 184 g/mol. The van der Waals surface area contributed by atoms with E-state index >= 15 is 0 Å². The summed E-state index contributed by atoms with van der Waals surface area (Å²) in [6.07, 6.45) is 6.83. The van der Waals surface area contributed by atoms with Crippen molar-refractivity contribution in [3.05, 3.63) is 0 Å². The maximum Gasteiger partial charge on any atom is 0.0194 e. The lowest BCUT2D eigenvalue weighted by atomic mass is 10.0. The smallest absolute Gasteiger partial charge is 0.0194 e. The Kier molecular flexibility index (Phi) is 6.26. The summed E-state index contributed by atoms with van der Waals surface area (Å²) in [5, 5.41) is 3.61. The minimum absolute atomic E-state index is 0.709. The van der Waals surface area contributed by atoms with Gasteiger partial charge in [-0.2, -0.15) is 0 Å². The van der Waals surface area contributed by atoms with Crippen LogP contribution in [0.5, 0.6) is 0 Å². The van der Waals surface area contributed by atoms with Crippen LogP contribution in [0.2, 0.25) is 0 Å². The van der Waals surface area contributed by atoms with Crippen molar-refractivity contribution >= 4 is 0 Å². The van der Waals surface area contributed by atoms with Crippen molar-refractivity contribution in [1.82, 2.24) is 10.2 Å². The number of nitrogens with zero attached hydrogens (tertiary/aromatic N) is 1. The van der Waals surface area contributed by atoms with Gasteiger partial charge in [-0.05, 0) is 39.3 Å². The average molecular weight is 212 g/mol. The molecule has 1 rings (SSSR count). The SMILES string of the molecule is CCCC(CN1CCCCC1C)NCC. The van der Waals surface area contributed by atoms with Gasteiger partial charge in [0.2, 0.25) is 0 Å². The Hall–Kier alpha value is -0.0800. The van der Waals surface area contributed by atoms with Gasteiger partial charge in [-0.25, -0.2) is 0 Å².